The van der Waals surface area contributed by atoms with Crippen LogP contribution in [0.5, 0.6) is 5.75 Å². The van der Waals surface area contributed by atoms with Crippen LogP contribution in [0, 0.1) is 17.3 Å². The predicted octanol–water partition coefficient (Wildman–Crippen LogP) is 6.32. The summed E-state index contributed by atoms with van der Waals surface area (Å²) in [7, 11) is 0. The summed E-state index contributed by atoms with van der Waals surface area (Å²) in [6.45, 7) is 8.44. The number of halogens is 1. The molecule has 2 heterocycles. The first-order valence-corrected chi connectivity index (χ1v) is 12.0. The van der Waals surface area contributed by atoms with Gasteiger partial charge in [-0.15, -0.1) is 0 Å². The van der Waals surface area contributed by atoms with Crippen molar-refractivity contribution in [2.45, 2.75) is 65.7 Å². The van der Waals surface area contributed by atoms with E-state index in [0.717, 1.165) is 23.0 Å². The third-order valence-corrected chi connectivity index (χ3v) is 6.89. The summed E-state index contributed by atoms with van der Waals surface area (Å²) in [5.74, 6) is 0.897. The number of hydrogen-bond acceptors (Lipinski definition) is 5. The van der Waals surface area contributed by atoms with Crippen LogP contribution in [0.3, 0.4) is 0 Å². The van der Waals surface area contributed by atoms with Crippen molar-refractivity contribution in [3.05, 3.63) is 36.7 Å². The van der Waals surface area contributed by atoms with Gasteiger partial charge in [-0.1, -0.05) is 40.0 Å². The number of rotatable bonds is 4. The second-order valence-corrected chi connectivity index (χ2v) is 10.2. The Bertz CT molecular complexity index is 884. The summed E-state index contributed by atoms with van der Waals surface area (Å²) in [6, 6.07) is 8.34. The van der Waals surface area contributed by atoms with Crippen LogP contribution in [0.15, 0.2) is 36.7 Å². The highest BCUT2D eigenvalue weighted by molar-refractivity contribution is 5.70. The second-order valence-electron chi connectivity index (χ2n) is 10.2. The van der Waals surface area contributed by atoms with Crippen LogP contribution in [0.4, 0.5) is 10.3 Å². The molecule has 1 N–H and O–H groups in total. The number of aromatic nitrogens is 2. The number of aliphatic carboxylic acids is 1. The van der Waals surface area contributed by atoms with Crippen molar-refractivity contribution in [1.29, 1.82) is 0 Å². The highest BCUT2D eigenvalue weighted by Gasteiger charge is 2.26. The molecule has 1 aliphatic carbocycles. The van der Waals surface area contributed by atoms with E-state index in [0.29, 0.717) is 31.3 Å². The van der Waals surface area contributed by atoms with E-state index >= 15 is 0 Å². The van der Waals surface area contributed by atoms with Gasteiger partial charge in [-0.2, -0.15) is 0 Å². The van der Waals surface area contributed by atoms with Gasteiger partial charge in [-0.25, -0.2) is 9.97 Å². The van der Waals surface area contributed by atoms with Gasteiger partial charge in [-0.05, 0) is 61.3 Å². The summed E-state index contributed by atoms with van der Waals surface area (Å²) in [5, 5.41) is 9.05. The lowest BCUT2D eigenvalue weighted by molar-refractivity contribution is -0.142. The Balaban J connectivity index is 0.000000257. The lowest BCUT2D eigenvalue weighted by atomic mass is 9.72. The highest BCUT2D eigenvalue weighted by Crippen LogP contribution is 2.37. The predicted molar refractivity (Wildman–Crippen MR) is 128 cm³/mol. The zero-order chi connectivity index (χ0) is 23.8. The Labute approximate surface area is 196 Å². The molecule has 2 aromatic rings. The summed E-state index contributed by atoms with van der Waals surface area (Å²) >= 11 is 0. The summed E-state index contributed by atoms with van der Waals surface area (Å²) in [4.78, 5) is 25.2. The van der Waals surface area contributed by atoms with Gasteiger partial charge in [0.05, 0.1) is 11.6 Å². The Morgan fingerprint density at radius 1 is 1.03 bits per heavy atom. The van der Waals surface area contributed by atoms with Gasteiger partial charge in [-0.3, -0.25) is 9.74 Å². The molecule has 2 aliphatic rings. The maximum absolute atomic E-state index is 12.1. The topological polar surface area (TPSA) is 75.5 Å². The molecule has 1 saturated heterocycles. The minimum atomic E-state index is -0.733. The lowest BCUT2D eigenvalue weighted by Gasteiger charge is -2.33. The van der Waals surface area contributed by atoms with Crippen molar-refractivity contribution < 1.29 is 19.4 Å². The van der Waals surface area contributed by atoms with E-state index in [-0.39, 0.29) is 11.7 Å². The lowest BCUT2D eigenvalue weighted by Crippen LogP contribution is -2.36. The number of benzene rings is 1. The largest absolute Gasteiger partial charge is 0.481 e. The fraction of sp³-hybridized carbons (Fsp3) is 0.577. The van der Waals surface area contributed by atoms with Crippen molar-refractivity contribution >= 4 is 11.8 Å². The number of carboxylic acid groups (broad SMARTS) is 1. The van der Waals surface area contributed by atoms with Crippen molar-refractivity contribution in [1.82, 2.24) is 9.97 Å². The Kier molecular flexibility index (Phi) is 8.64. The fourth-order valence-electron chi connectivity index (χ4n) is 4.68. The summed E-state index contributed by atoms with van der Waals surface area (Å²) < 4.78 is 12.1. The molecule has 33 heavy (non-hydrogen) atoms. The molecule has 0 radical (unpaired) electrons. The fourth-order valence-corrected chi connectivity index (χ4v) is 4.68. The maximum Gasteiger partial charge on any atom is 0.306 e. The summed E-state index contributed by atoms with van der Waals surface area (Å²) in [6.07, 6.45) is 10.1. The Morgan fingerprint density at radius 2 is 1.67 bits per heavy atom. The van der Waals surface area contributed by atoms with Gasteiger partial charge in [0.1, 0.15) is 12.1 Å². The molecule has 0 amide bonds. The van der Waals surface area contributed by atoms with Gasteiger partial charge >= 0.3 is 5.97 Å². The number of carboxylic acids is 1. The molecule has 4 rings (SSSR count). The SMILES string of the molecule is CC(C)(C)C1CCCCC1.O=C(O)C1CCN(c2cc(-c3ccc(OF)cc3)ncn2)CC1. The van der Waals surface area contributed by atoms with E-state index in [4.69, 9.17) is 5.11 Å². The molecule has 1 aromatic heterocycles. The monoisotopic (exact) mass is 457 g/mol. The van der Waals surface area contributed by atoms with Gasteiger partial charge in [0.25, 0.3) is 0 Å². The van der Waals surface area contributed by atoms with Crippen LogP contribution in [0.25, 0.3) is 11.3 Å². The van der Waals surface area contributed by atoms with Crippen LogP contribution < -0.4 is 9.84 Å². The molecule has 1 saturated carbocycles. The molecule has 180 valence electrons. The molecule has 1 aromatic carbocycles. The number of carbonyl (C=O) groups is 1. The normalized spacial score (nSPS) is 17.8. The zero-order valence-corrected chi connectivity index (χ0v) is 20.0. The van der Waals surface area contributed by atoms with Crippen molar-refractivity contribution in [3.63, 3.8) is 0 Å². The second kappa shape index (κ2) is 11.4. The van der Waals surface area contributed by atoms with E-state index < -0.39 is 5.97 Å². The van der Waals surface area contributed by atoms with E-state index in [1.807, 2.05) is 6.07 Å². The number of anilines is 1. The maximum atomic E-state index is 12.1. The Morgan fingerprint density at radius 3 is 2.18 bits per heavy atom. The van der Waals surface area contributed by atoms with Crippen LogP contribution >= 0.6 is 0 Å². The molecular formula is C26H36FN3O3. The minimum Gasteiger partial charge on any atom is -0.481 e. The van der Waals surface area contributed by atoms with Crippen molar-refractivity contribution in [3.8, 4) is 17.0 Å². The highest BCUT2D eigenvalue weighted by atomic mass is 19.3. The molecule has 7 heteroatoms. The summed E-state index contributed by atoms with van der Waals surface area (Å²) in [5.41, 5.74) is 2.12. The Hall–Kier alpha value is -2.70. The number of hydrogen-bond donors (Lipinski definition) is 1. The third-order valence-electron chi connectivity index (χ3n) is 6.89. The first kappa shape index (κ1) is 24.9. The van der Waals surface area contributed by atoms with Gasteiger partial charge < -0.3 is 10.0 Å². The number of nitrogens with zero attached hydrogens (tertiary/aromatic N) is 3. The van der Waals surface area contributed by atoms with Gasteiger partial charge in [0, 0.05) is 29.2 Å². The van der Waals surface area contributed by atoms with Crippen LogP contribution in [0.2, 0.25) is 0 Å². The third kappa shape index (κ3) is 7.14. The van der Waals surface area contributed by atoms with E-state index in [1.54, 1.807) is 12.1 Å². The molecular weight excluding hydrogens is 421 g/mol. The standard InChI is InChI=1S/C16H16FN3O3.C10H20/c17-23-13-3-1-11(2-4-13)14-9-15(19-10-18-14)20-7-5-12(6-8-20)16(21)22;1-10(2,3)9-7-5-4-6-8-9/h1-4,9-10,12H,5-8H2,(H,21,22);9H,4-8H2,1-3H3. The molecule has 2 fully saturated rings. The average molecular weight is 458 g/mol. The molecule has 0 bridgehead atoms. The quantitative estimate of drug-likeness (QED) is 0.579. The molecule has 0 atom stereocenters. The van der Waals surface area contributed by atoms with Crippen molar-refractivity contribution in [2.24, 2.45) is 17.3 Å². The molecule has 0 spiro atoms. The first-order chi connectivity index (χ1) is 15.8. The minimum absolute atomic E-state index is 0.138. The molecule has 1 aliphatic heterocycles. The van der Waals surface area contributed by atoms with Crippen LogP contribution in [-0.2, 0) is 4.79 Å². The smallest absolute Gasteiger partial charge is 0.306 e. The van der Waals surface area contributed by atoms with Crippen LogP contribution in [0.1, 0.15) is 65.7 Å². The van der Waals surface area contributed by atoms with Gasteiger partial charge in [0.2, 0.25) is 0 Å². The molecule has 0 unspecified atom stereocenters. The van der Waals surface area contributed by atoms with E-state index in [1.165, 1.54) is 50.6 Å². The first-order valence-electron chi connectivity index (χ1n) is 12.0. The van der Waals surface area contributed by atoms with Gasteiger partial charge in [0.15, 0.2) is 5.75 Å². The number of piperidine rings is 1. The average Bonchev–Trinajstić information content (AvgIpc) is 2.85. The zero-order valence-electron chi connectivity index (χ0n) is 20.0. The van der Waals surface area contributed by atoms with E-state index in [2.05, 4.69) is 40.6 Å². The molecule has 6 nitrogen and oxygen atoms in total. The van der Waals surface area contributed by atoms with Crippen molar-refractivity contribution in [2.75, 3.05) is 18.0 Å². The van der Waals surface area contributed by atoms with E-state index in [9.17, 15) is 9.32 Å². The van der Waals surface area contributed by atoms with Crippen LogP contribution in [-0.4, -0.2) is 34.1 Å².